The molecule has 1 aromatic carbocycles. The smallest absolute Gasteiger partial charge is 0.317 e. The standard InChI is InChI=1S/C14H21NO2/c1-4-8-15(10-14(16)17)9-13-7-5-6-11(2)12(13)3/h5-7H,4,8-10H2,1-3H3,(H,16,17). The summed E-state index contributed by atoms with van der Waals surface area (Å²) in [5.74, 6) is -0.760. The zero-order chi connectivity index (χ0) is 12.8. The van der Waals surface area contributed by atoms with Crippen LogP contribution in [0.5, 0.6) is 0 Å². The number of nitrogens with zero attached hydrogens (tertiary/aromatic N) is 1. The van der Waals surface area contributed by atoms with Crippen LogP contribution in [0.2, 0.25) is 0 Å². The number of aryl methyl sites for hydroxylation is 1. The van der Waals surface area contributed by atoms with Crippen molar-refractivity contribution in [1.82, 2.24) is 4.90 Å². The molecule has 0 aliphatic heterocycles. The highest BCUT2D eigenvalue weighted by Crippen LogP contribution is 2.15. The van der Waals surface area contributed by atoms with Gasteiger partial charge in [0.15, 0.2) is 0 Å². The van der Waals surface area contributed by atoms with Crippen molar-refractivity contribution in [3.63, 3.8) is 0 Å². The average Bonchev–Trinajstić information content (AvgIpc) is 2.24. The van der Waals surface area contributed by atoms with Gasteiger partial charge >= 0.3 is 5.97 Å². The van der Waals surface area contributed by atoms with Gasteiger partial charge in [0.05, 0.1) is 6.54 Å². The van der Waals surface area contributed by atoms with Crippen molar-refractivity contribution >= 4 is 5.97 Å². The van der Waals surface area contributed by atoms with Crippen LogP contribution < -0.4 is 0 Å². The number of carboxylic acid groups (broad SMARTS) is 1. The molecule has 0 aromatic heterocycles. The van der Waals surface area contributed by atoms with Gasteiger partial charge in [-0.05, 0) is 43.5 Å². The third kappa shape index (κ3) is 4.19. The molecule has 0 bridgehead atoms. The van der Waals surface area contributed by atoms with Crippen LogP contribution in [0.3, 0.4) is 0 Å². The molecule has 0 heterocycles. The Morgan fingerprint density at radius 1 is 1.35 bits per heavy atom. The number of rotatable bonds is 6. The van der Waals surface area contributed by atoms with E-state index in [-0.39, 0.29) is 6.54 Å². The monoisotopic (exact) mass is 235 g/mol. The van der Waals surface area contributed by atoms with Crippen LogP contribution in [0.4, 0.5) is 0 Å². The van der Waals surface area contributed by atoms with E-state index in [9.17, 15) is 4.79 Å². The van der Waals surface area contributed by atoms with Gasteiger partial charge < -0.3 is 5.11 Å². The third-order valence-electron chi connectivity index (χ3n) is 3.01. The van der Waals surface area contributed by atoms with Crippen LogP contribution in [-0.2, 0) is 11.3 Å². The SMILES string of the molecule is CCCN(CC(=O)O)Cc1cccc(C)c1C. The number of benzene rings is 1. The van der Waals surface area contributed by atoms with Crippen molar-refractivity contribution in [2.75, 3.05) is 13.1 Å². The Bertz CT molecular complexity index is 388. The maximum atomic E-state index is 10.8. The summed E-state index contributed by atoms with van der Waals surface area (Å²) in [4.78, 5) is 12.8. The first-order valence-electron chi connectivity index (χ1n) is 6.03. The summed E-state index contributed by atoms with van der Waals surface area (Å²) in [7, 11) is 0. The van der Waals surface area contributed by atoms with Crippen molar-refractivity contribution in [1.29, 1.82) is 0 Å². The van der Waals surface area contributed by atoms with E-state index < -0.39 is 5.97 Å². The second-order valence-corrected chi connectivity index (χ2v) is 4.46. The number of carbonyl (C=O) groups is 1. The molecule has 3 nitrogen and oxygen atoms in total. The lowest BCUT2D eigenvalue weighted by atomic mass is 10.0. The molecule has 0 atom stereocenters. The fourth-order valence-corrected chi connectivity index (χ4v) is 1.95. The minimum absolute atomic E-state index is 0.112. The van der Waals surface area contributed by atoms with E-state index in [1.165, 1.54) is 16.7 Å². The summed E-state index contributed by atoms with van der Waals surface area (Å²) < 4.78 is 0. The van der Waals surface area contributed by atoms with E-state index in [4.69, 9.17) is 5.11 Å². The molecule has 1 N–H and O–H groups in total. The highest BCUT2D eigenvalue weighted by Gasteiger charge is 2.11. The van der Waals surface area contributed by atoms with Gasteiger partial charge in [-0.3, -0.25) is 9.69 Å². The van der Waals surface area contributed by atoms with E-state index >= 15 is 0 Å². The summed E-state index contributed by atoms with van der Waals surface area (Å²) in [5, 5.41) is 8.87. The Morgan fingerprint density at radius 2 is 2.06 bits per heavy atom. The number of hydrogen-bond acceptors (Lipinski definition) is 2. The molecule has 0 aliphatic carbocycles. The van der Waals surface area contributed by atoms with Crippen LogP contribution in [0.1, 0.15) is 30.0 Å². The molecule has 0 spiro atoms. The first kappa shape index (κ1) is 13.7. The topological polar surface area (TPSA) is 40.5 Å². The Hall–Kier alpha value is -1.35. The van der Waals surface area contributed by atoms with Gasteiger partial charge in [-0.1, -0.05) is 25.1 Å². The van der Waals surface area contributed by atoms with Gasteiger partial charge in [0, 0.05) is 6.54 Å². The van der Waals surface area contributed by atoms with E-state index in [0.717, 1.165) is 13.0 Å². The van der Waals surface area contributed by atoms with Crippen molar-refractivity contribution in [2.45, 2.75) is 33.7 Å². The zero-order valence-electron chi connectivity index (χ0n) is 10.9. The van der Waals surface area contributed by atoms with Crippen molar-refractivity contribution in [3.05, 3.63) is 34.9 Å². The molecular formula is C14H21NO2. The number of aliphatic carboxylic acids is 1. The predicted molar refractivity (Wildman–Crippen MR) is 69.1 cm³/mol. The Morgan fingerprint density at radius 3 is 2.65 bits per heavy atom. The van der Waals surface area contributed by atoms with Gasteiger partial charge in [-0.25, -0.2) is 0 Å². The normalized spacial score (nSPS) is 10.8. The van der Waals surface area contributed by atoms with E-state index in [1.54, 1.807) is 0 Å². The molecule has 3 heteroatoms. The highest BCUT2D eigenvalue weighted by atomic mass is 16.4. The largest absolute Gasteiger partial charge is 0.480 e. The van der Waals surface area contributed by atoms with E-state index in [1.807, 2.05) is 11.0 Å². The second kappa shape index (κ2) is 6.40. The van der Waals surface area contributed by atoms with Gasteiger partial charge in [0.2, 0.25) is 0 Å². The summed E-state index contributed by atoms with van der Waals surface area (Å²) in [6.45, 7) is 7.89. The van der Waals surface area contributed by atoms with Crippen LogP contribution in [0, 0.1) is 13.8 Å². The first-order valence-corrected chi connectivity index (χ1v) is 6.03. The fraction of sp³-hybridized carbons (Fsp3) is 0.500. The van der Waals surface area contributed by atoms with Crippen LogP contribution in [0.15, 0.2) is 18.2 Å². The highest BCUT2D eigenvalue weighted by molar-refractivity contribution is 5.69. The lowest BCUT2D eigenvalue weighted by molar-refractivity contribution is -0.138. The molecule has 94 valence electrons. The lowest BCUT2D eigenvalue weighted by Gasteiger charge is -2.21. The molecular weight excluding hydrogens is 214 g/mol. The Balaban J connectivity index is 2.78. The van der Waals surface area contributed by atoms with Gasteiger partial charge in [-0.2, -0.15) is 0 Å². The van der Waals surface area contributed by atoms with E-state index in [0.29, 0.717) is 6.54 Å². The Kier molecular flexibility index (Phi) is 5.16. The van der Waals surface area contributed by atoms with Crippen molar-refractivity contribution in [2.24, 2.45) is 0 Å². The lowest BCUT2D eigenvalue weighted by Crippen LogP contribution is -2.30. The summed E-state index contributed by atoms with van der Waals surface area (Å²) in [5.41, 5.74) is 3.74. The molecule has 0 amide bonds. The molecule has 0 unspecified atom stereocenters. The predicted octanol–water partition coefficient (Wildman–Crippen LogP) is 2.60. The fourth-order valence-electron chi connectivity index (χ4n) is 1.95. The maximum absolute atomic E-state index is 10.8. The number of carboxylic acids is 1. The molecule has 17 heavy (non-hydrogen) atoms. The maximum Gasteiger partial charge on any atom is 0.317 e. The van der Waals surface area contributed by atoms with E-state index in [2.05, 4.69) is 32.9 Å². The Labute approximate surface area is 103 Å². The van der Waals surface area contributed by atoms with Crippen LogP contribution >= 0.6 is 0 Å². The summed E-state index contributed by atoms with van der Waals surface area (Å²) >= 11 is 0. The van der Waals surface area contributed by atoms with Crippen LogP contribution in [-0.4, -0.2) is 29.1 Å². The van der Waals surface area contributed by atoms with Gasteiger partial charge in [0.25, 0.3) is 0 Å². The molecule has 0 aliphatic rings. The average molecular weight is 235 g/mol. The first-order chi connectivity index (χ1) is 8.04. The number of hydrogen-bond donors (Lipinski definition) is 1. The van der Waals surface area contributed by atoms with Crippen molar-refractivity contribution in [3.8, 4) is 0 Å². The minimum atomic E-state index is -0.760. The summed E-state index contributed by atoms with van der Waals surface area (Å²) in [6.07, 6.45) is 0.970. The van der Waals surface area contributed by atoms with Crippen molar-refractivity contribution < 1.29 is 9.90 Å². The second-order valence-electron chi connectivity index (χ2n) is 4.46. The molecule has 1 rings (SSSR count). The quantitative estimate of drug-likeness (QED) is 0.824. The molecule has 0 saturated heterocycles. The minimum Gasteiger partial charge on any atom is -0.480 e. The zero-order valence-corrected chi connectivity index (χ0v) is 10.9. The van der Waals surface area contributed by atoms with Gasteiger partial charge in [-0.15, -0.1) is 0 Å². The van der Waals surface area contributed by atoms with Crippen LogP contribution in [0.25, 0.3) is 0 Å². The molecule has 0 saturated carbocycles. The molecule has 1 aromatic rings. The molecule has 0 radical (unpaired) electrons. The van der Waals surface area contributed by atoms with Gasteiger partial charge in [0.1, 0.15) is 0 Å². The third-order valence-corrected chi connectivity index (χ3v) is 3.01. The molecule has 0 fully saturated rings. The summed E-state index contributed by atoms with van der Waals surface area (Å²) in [6, 6.07) is 6.19.